The van der Waals surface area contributed by atoms with Crippen LogP contribution >= 0.6 is 0 Å². The minimum atomic E-state index is -0.113. The van der Waals surface area contributed by atoms with Gasteiger partial charge in [-0.3, -0.25) is 9.69 Å². The van der Waals surface area contributed by atoms with Crippen molar-refractivity contribution in [3.63, 3.8) is 0 Å². The van der Waals surface area contributed by atoms with E-state index in [1.54, 1.807) is 7.11 Å². The molecule has 2 rings (SSSR count). The highest BCUT2D eigenvalue weighted by Crippen LogP contribution is 2.33. The van der Waals surface area contributed by atoms with E-state index >= 15 is 0 Å². The molecule has 1 aliphatic rings. The zero-order valence-corrected chi connectivity index (χ0v) is 13.6. The maximum Gasteiger partial charge on any atom is 0.310 e. The molecule has 0 aliphatic carbocycles. The predicted octanol–water partition coefficient (Wildman–Crippen LogP) is 2.48. The van der Waals surface area contributed by atoms with Gasteiger partial charge in [0.2, 0.25) is 0 Å². The first-order chi connectivity index (χ1) is 10.5. The maximum atomic E-state index is 11.9. The molecule has 5 heteroatoms. The Kier molecular flexibility index (Phi) is 5.66. The molecular weight excluding hydrogens is 282 g/mol. The van der Waals surface area contributed by atoms with Crippen molar-refractivity contribution in [2.24, 2.45) is 5.92 Å². The van der Waals surface area contributed by atoms with Crippen molar-refractivity contribution in [1.29, 1.82) is 0 Å². The van der Waals surface area contributed by atoms with Gasteiger partial charge in [0.05, 0.1) is 19.6 Å². The van der Waals surface area contributed by atoms with Gasteiger partial charge in [-0.25, -0.2) is 0 Å². The van der Waals surface area contributed by atoms with Gasteiger partial charge >= 0.3 is 5.97 Å². The van der Waals surface area contributed by atoms with Crippen LogP contribution in [0.3, 0.4) is 0 Å². The zero-order chi connectivity index (χ0) is 16.1. The summed E-state index contributed by atoms with van der Waals surface area (Å²) < 4.78 is 10.3. The summed E-state index contributed by atoms with van der Waals surface area (Å²) in [6, 6.07) is 3.78. The normalized spacial score (nSPS) is 19.0. The highest BCUT2D eigenvalue weighted by molar-refractivity contribution is 5.72. The number of aromatic hydroxyl groups is 1. The molecule has 1 fully saturated rings. The molecule has 0 spiro atoms. The number of phenolic OH excluding ortho intramolecular Hbond substituents is 1. The summed E-state index contributed by atoms with van der Waals surface area (Å²) in [7, 11) is 1.55. The molecule has 0 aromatic heterocycles. The lowest BCUT2D eigenvalue weighted by Gasteiger charge is -2.31. The standard InChI is InChI=1S/C17H25NO4/c1-4-22-17(20)13-6-5-7-18(10-13)11-14-8-12(2)9-15(21-3)16(14)19/h8-9,13,19H,4-7,10-11H2,1-3H3/t13-/m1/s1. The third-order valence-corrected chi connectivity index (χ3v) is 4.04. The number of benzene rings is 1. The lowest BCUT2D eigenvalue weighted by atomic mass is 9.97. The van der Waals surface area contributed by atoms with Crippen LogP contribution in [0.5, 0.6) is 11.5 Å². The summed E-state index contributed by atoms with van der Waals surface area (Å²) in [5.41, 5.74) is 1.88. The summed E-state index contributed by atoms with van der Waals surface area (Å²) in [6.45, 7) is 6.43. The average molecular weight is 307 g/mol. The van der Waals surface area contributed by atoms with Crippen molar-refractivity contribution in [3.05, 3.63) is 23.3 Å². The zero-order valence-electron chi connectivity index (χ0n) is 13.6. The third-order valence-electron chi connectivity index (χ3n) is 4.04. The fourth-order valence-corrected chi connectivity index (χ4v) is 2.99. The molecule has 5 nitrogen and oxygen atoms in total. The molecule has 1 aromatic rings. The Morgan fingerprint density at radius 2 is 2.23 bits per heavy atom. The van der Waals surface area contributed by atoms with Gasteiger partial charge in [0.1, 0.15) is 0 Å². The molecule has 1 N–H and O–H groups in total. The molecule has 0 bridgehead atoms. The average Bonchev–Trinajstić information content (AvgIpc) is 2.51. The van der Waals surface area contributed by atoms with E-state index in [0.717, 1.165) is 30.5 Å². The molecule has 1 heterocycles. The number of esters is 1. The maximum absolute atomic E-state index is 11.9. The molecule has 22 heavy (non-hydrogen) atoms. The number of phenols is 1. The van der Waals surface area contributed by atoms with Gasteiger partial charge < -0.3 is 14.6 Å². The van der Waals surface area contributed by atoms with Crippen molar-refractivity contribution >= 4 is 5.97 Å². The molecule has 0 radical (unpaired) electrons. The second-order valence-corrected chi connectivity index (χ2v) is 5.80. The second kappa shape index (κ2) is 7.49. The first-order valence-electron chi connectivity index (χ1n) is 7.80. The smallest absolute Gasteiger partial charge is 0.310 e. The third kappa shape index (κ3) is 3.91. The Balaban J connectivity index is 2.07. The quantitative estimate of drug-likeness (QED) is 0.847. The van der Waals surface area contributed by atoms with Crippen molar-refractivity contribution in [3.8, 4) is 11.5 Å². The predicted molar refractivity (Wildman–Crippen MR) is 84.0 cm³/mol. The van der Waals surface area contributed by atoms with Crippen LogP contribution in [0, 0.1) is 12.8 Å². The van der Waals surface area contributed by atoms with E-state index < -0.39 is 0 Å². The molecular formula is C17H25NO4. The Morgan fingerprint density at radius 3 is 2.91 bits per heavy atom. The van der Waals surface area contributed by atoms with Crippen LogP contribution in [-0.2, 0) is 16.1 Å². The van der Waals surface area contributed by atoms with Gasteiger partial charge in [-0.2, -0.15) is 0 Å². The van der Waals surface area contributed by atoms with Gasteiger partial charge in [0, 0.05) is 18.7 Å². The minimum Gasteiger partial charge on any atom is -0.504 e. The number of rotatable bonds is 5. The number of carbonyl (C=O) groups excluding carboxylic acids is 1. The van der Waals surface area contributed by atoms with E-state index in [1.807, 2.05) is 26.0 Å². The fourth-order valence-electron chi connectivity index (χ4n) is 2.99. The Hall–Kier alpha value is -1.75. The minimum absolute atomic E-state index is 0.0671. The van der Waals surface area contributed by atoms with Crippen molar-refractivity contribution in [2.75, 3.05) is 26.8 Å². The molecule has 0 amide bonds. The van der Waals surface area contributed by atoms with E-state index in [2.05, 4.69) is 4.90 Å². The summed E-state index contributed by atoms with van der Waals surface area (Å²) in [5.74, 6) is 0.501. The number of hydrogen-bond acceptors (Lipinski definition) is 5. The van der Waals surface area contributed by atoms with Gasteiger partial charge in [0.15, 0.2) is 11.5 Å². The van der Waals surface area contributed by atoms with Crippen LogP contribution in [0.15, 0.2) is 12.1 Å². The van der Waals surface area contributed by atoms with E-state index in [-0.39, 0.29) is 17.6 Å². The lowest BCUT2D eigenvalue weighted by Crippen LogP contribution is -2.38. The van der Waals surface area contributed by atoms with Gasteiger partial charge in [-0.1, -0.05) is 6.07 Å². The summed E-state index contributed by atoms with van der Waals surface area (Å²) in [4.78, 5) is 14.1. The number of nitrogens with zero attached hydrogens (tertiary/aromatic N) is 1. The monoisotopic (exact) mass is 307 g/mol. The largest absolute Gasteiger partial charge is 0.504 e. The molecule has 1 aliphatic heterocycles. The molecule has 0 saturated carbocycles. The van der Waals surface area contributed by atoms with E-state index in [9.17, 15) is 9.90 Å². The number of aryl methyl sites for hydroxylation is 1. The Morgan fingerprint density at radius 1 is 1.45 bits per heavy atom. The number of methoxy groups -OCH3 is 1. The van der Waals surface area contributed by atoms with Crippen LogP contribution in [0.4, 0.5) is 0 Å². The molecule has 1 saturated heterocycles. The number of ether oxygens (including phenoxy) is 2. The van der Waals surface area contributed by atoms with E-state index in [0.29, 0.717) is 25.4 Å². The van der Waals surface area contributed by atoms with Crippen molar-refractivity contribution < 1.29 is 19.4 Å². The van der Waals surface area contributed by atoms with Crippen LogP contribution in [0.2, 0.25) is 0 Å². The first kappa shape index (κ1) is 16.6. The SMILES string of the molecule is CCOC(=O)[C@@H]1CCCN(Cc2cc(C)cc(OC)c2O)C1. The Bertz CT molecular complexity index is 530. The van der Waals surface area contributed by atoms with Crippen LogP contribution in [0.25, 0.3) is 0 Å². The highest BCUT2D eigenvalue weighted by atomic mass is 16.5. The van der Waals surface area contributed by atoms with E-state index in [4.69, 9.17) is 9.47 Å². The lowest BCUT2D eigenvalue weighted by molar-refractivity contribution is -0.150. The van der Waals surface area contributed by atoms with Crippen molar-refractivity contribution in [2.45, 2.75) is 33.2 Å². The van der Waals surface area contributed by atoms with Crippen molar-refractivity contribution in [1.82, 2.24) is 4.90 Å². The van der Waals surface area contributed by atoms with E-state index in [1.165, 1.54) is 0 Å². The number of piperidine rings is 1. The topological polar surface area (TPSA) is 59.0 Å². The summed E-state index contributed by atoms with van der Waals surface area (Å²) in [6.07, 6.45) is 1.84. The number of hydrogen-bond donors (Lipinski definition) is 1. The van der Waals surface area contributed by atoms with Gasteiger partial charge in [0.25, 0.3) is 0 Å². The molecule has 122 valence electrons. The van der Waals surface area contributed by atoms with Crippen LogP contribution in [-0.4, -0.2) is 42.8 Å². The first-order valence-corrected chi connectivity index (χ1v) is 7.80. The second-order valence-electron chi connectivity index (χ2n) is 5.80. The number of carbonyl (C=O) groups is 1. The van der Waals surface area contributed by atoms with Crippen LogP contribution in [0.1, 0.15) is 30.9 Å². The molecule has 1 atom stereocenters. The fraction of sp³-hybridized carbons (Fsp3) is 0.588. The molecule has 1 aromatic carbocycles. The number of likely N-dealkylation sites (tertiary alicyclic amines) is 1. The Labute approximate surface area is 131 Å². The van der Waals surface area contributed by atoms with Gasteiger partial charge in [-0.15, -0.1) is 0 Å². The van der Waals surface area contributed by atoms with Crippen LogP contribution < -0.4 is 4.74 Å². The summed E-state index contributed by atoms with van der Waals surface area (Å²) >= 11 is 0. The molecule has 0 unspecified atom stereocenters. The summed E-state index contributed by atoms with van der Waals surface area (Å²) in [5, 5.41) is 10.3. The van der Waals surface area contributed by atoms with Gasteiger partial charge in [-0.05, 0) is 44.9 Å². The highest BCUT2D eigenvalue weighted by Gasteiger charge is 2.27.